The number of aliphatic hydroxyl groups is 1. The number of benzene rings is 1. The molecule has 0 saturated heterocycles. The van der Waals surface area contributed by atoms with Crippen molar-refractivity contribution in [3.05, 3.63) is 23.8 Å². The van der Waals surface area contributed by atoms with Crippen LogP contribution in [0.1, 0.15) is 42.5 Å². The molecule has 104 valence electrons. The van der Waals surface area contributed by atoms with Gasteiger partial charge < -0.3 is 21.9 Å². The van der Waals surface area contributed by atoms with Crippen LogP contribution in [0.2, 0.25) is 0 Å². The molecule has 6 N–H and O–H groups in total. The quantitative estimate of drug-likeness (QED) is 0.477. The Bertz CT molecular complexity index is 462. The minimum absolute atomic E-state index is 0.188. The van der Waals surface area contributed by atoms with Gasteiger partial charge in [0, 0.05) is 11.4 Å². The topological polar surface area (TPSA) is 101 Å². The molecule has 1 aliphatic carbocycles. The smallest absolute Gasteiger partial charge is 0.253 e. The van der Waals surface area contributed by atoms with E-state index >= 15 is 0 Å². The molecule has 0 heterocycles. The first-order chi connectivity index (χ1) is 9.08. The zero-order valence-corrected chi connectivity index (χ0v) is 10.9. The van der Waals surface area contributed by atoms with E-state index < -0.39 is 6.10 Å². The number of nitrogens with two attached hydrogens (primary N) is 2. The second kappa shape index (κ2) is 5.93. The zero-order valence-electron chi connectivity index (χ0n) is 10.9. The zero-order chi connectivity index (χ0) is 13.8. The monoisotopic (exact) mass is 263 g/mol. The van der Waals surface area contributed by atoms with Crippen molar-refractivity contribution >= 4 is 17.3 Å². The van der Waals surface area contributed by atoms with Crippen LogP contribution in [-0.4, -0.2) is 23.2 Å². The van der Waals surface area contributed by atoms with Gasteiger partial charge in [-0.25, -0.2) is 0 Å². The van der Waals surface area contributed by atoms with Crippen molar-refractivity contribution in [3.8, 4) is 0 Å². The van der Waals surface area contributed by atoms with Crippen LogP contribution in [0.5, 0.6) is 0 Å². The first-order valence-electron chi connectivity index (χ1n) is 6.72. The van der Waals surface area contributed by atoms with Gasteiger partial charge in [0.25, 0.3) is 5.91 Å². The number of aliphatic hydroxyl groups excluding tert-OH is 1. The van der Waals surface area contributed by atoms with E-state index in [1.165, 1.54) is 0 Å². The Balaban J connectivity index is 2.07. The molecule has 1 aromatic carbocycles. The fraction of sp³-hybridized carbons (Fsp3) is 0.500. The SMILES string of the molecule is Nc1ccc(C(=O)NC2CCCCCC2O)c(N)c1. The summed E-state index contributed by atoms with van der Waals surface area (Å²) in [4.78, 5) is 12.2. The largest absolute Gasteiger partial charge is 0.399 e. The predicted molar refractivity (Wildman–Crippen MR) is 75.6 cm³/mol. The Hall–Kier alpha value is -1.75. The molecule has 1 aliphatic rings. The molecule has 2 rings (SSSR count). The third-order valence-corrected chi connectivity index (χ3v) is 3.62. The van der Waals surface area contributed by atoms with Crippen LogP contribution in [-0.2, 0) is 0 Å². The van der Waals surface area contributed by atoms with Crippen LogP contribution in [0, 0.1) is 0 Å². The molecular formula is C14H21N3O2. The summed E-state index contributed by atoms with van der Waals surface area (Å²) in [7, 11) is 0. The molecule has 1 aromatic rings. The fourth-order valence-corrected chi connectivity index (χ4v) is 2.49. The van der Waals surface area contributed by atoms with Gasteiger partial charge in [-0.05, 0) is 31.0 Å². The van der Waals surface area contributed by atoms with Crippen molar-refractivity contribution in [2.75, 3.05) is 11.5 Å². The lowest BCUT2D eigenvalue weighted by Crippen LogP contribution is -2.42. The second-order valence-electron chi connectivity index (χ2n) is 5.13. The molecule has 5 heteroatoms. The number of hydrogen-bond donors (Lipinski definition) is 4. The molecule has 1 fully saturated rings. The van der Waals surface area contributed by atoms with Gasteiger partial charge in [0.2, 0.25) is 0 Å². The third-order valence-electron chi connectivity index (χ3n) is 3.62. The lowest BCUT2D eigenvalue weighted by atomic mass is 10.0. The van der Waals surface area contributed by atoms with E-state index in [9.17, 15) is 9.90 Å². The number of carbonyl (C=O) groups is 1. The van der Waals surface area contributed by atoms with Crippen LogP contribution >= 0.6 is 0 Å². The Labute approximate surface area is 113 Å². The Morgan fingerprint density at radius 1 is 1.21 bits per heavy atom. The van der Waals surface area contributed by atoms with Crippen LogP contribution in [0.25, 0.3) is 0 Å². The lowest BCUT2D eigenvalue weighted by molar-refractivity contribution is 0.0819. The standard InChI is InChI=1S/C14H21N3O2/c15-9-6-7-10(11(16)8-9)14(19)17-12-4-2-1-3-5-13(12)18/h6-8,12-13,18H,1-5,15-16H2,(H,17,19). The van der Waals surface area contributed by atoms with Gasteiger partial charge in [-0.15, -0.1) is 0 Å². The molecule has 2 atom stereocenters. The number of carbonyl (C=O) groups excluding carboxylic acids is 1. The summed E-state index contributed by atoms with van der Waals surface area (Å²) in [5.74, 6) is -0.247. The molecule has 19 heavy (non-hydrogen) atoms. The van der Waals surface area contributed by atoms with Crippen molar-refractivity contribution in [1.82, 2.24) is 5.32 Å². The first-order valence-corrected chi connectivity index (χ1v) is 6.72. The van der Waals surface area contributed by atoms with Gasteiger partial charge in [0.1, 0.15) is 0 Å². The Morgan fingerprint density at radius 2 is 1.95 bits per heavy atom. The van der Waals surface area contributed by atoms with Gasteiger partial charge in [-0.1, -0.05) is 19.3 Å². The number of nitrogens with one attached hydrogen (secondary N) is 1. The number of nitrogen functional groups attached to an aromatic ring is 2. The molecule has 0 bridgehead atoms. The average Bonchev–Trinajstić information content (AvgIpc) is 2.55. The van der Waals surface area contributed by atoms with Crippen molar-refractivity contribution in [1.29, 1.82) is 0 Å². The van der Waals surface area contributed by atoms with E-state index in [0.29, 0.717) is 16.9 Å². The molecular weight excluding hydrogens is 242 g/mol. The summed E-state index contributed by atoms with van der Waals surface area (Å²) < 4.78 is 0. The van der Waals surface area contributed by atoms with E-state index in [1.54, 1.807) is 18.2 Å². The van der Waals surface area contributed by atoms with E-state index in [4.69, 9.17) is 11.5 Å². The van der Waals surface area contributed by atoms with Crippen molar-refractivity contribution in [3.63, 3.8) is 0 Å². The minimum Gasteiger partial charge on any atom is -0.399 e. The summed E-state index contributed by atoms with van der Waals surface area (Å²) in [5, 5.41) is 12.9. The molecule has 1 saturated carbocycles. The third kappa shape index (κ3) is 3.38. The van der Waals surface area contributed by atoms with Crippen molar-refractivity contribution in [2.45, 2.75) is 44.2 Å². The summed E-state index contributed by atoms with van der Waals surface area (Å²) in [6.07, 6.45) is 4.22. The maximum absolute atomic E-state index is 12.2. The average molecular weight is 263 g/mol. The van der Waals surface area contributed by atoms with E-state index in [0.717, 1.165) is 32.1 Å². The summed E-state index contributed by atoms with van der Waals surface area (Å²) in [6.45, 7) is 0. The summed E-state index contributed by atoms with van der Waals surface area (Å²) in [6, 6.07) is 4.64. The first kappa shape index (κ1) is 13.7. The number of hydrogen-bond acceptors (Lipinski definition) is 4. The highest BCUT2D eigenvalue weighted by Crippen LogP contribution is 2.20. The molecule has 5 nitrogen and oxygen atoms in total. The highest BCUT2D eigenvalue weighted by atomic mass is 16.3. The molecule has 0 radical (unpaired) electrons. The fourth-order valence-electron chi connectivity index (χ4n) is 2.49. The van der Waals surface area contributed by atoms with Gasteiger partial charge in [-0.2, -0.15) is 0 Å². The summed E-state index contributed by atoms with van der Waals surface area (Å²) >= 11 is 0. The minimum atomic E-state index is -0.471. The molecule has 1 amide bonds. The highest BCUT2D eigenvalue weighted by molar-refractivity contribution is 5.99. The van der Waals surface area contributed by atoms with E-state index in [-0.39, 0.29) is 11.9 Å². The molecule has 0 spiro atoms. The van der Waals surface area contributed by atoms with Crippen LogP contribution in [0.4, 0.5) is 11.4 Å². The predicted octanol–water partition coefficient (Wildman–Crippen LogP) is 1.27. The van der Waals surface area contributed by atoms with Gasteiger partial charge in [-0.3, -0.25) is 4.79 Å². The molecule has 0 aromatic heterocycles. The Morgan fingerprint density at radius 3 is 2.68 bits per heavy atom. The number of anilines is 2. The summed E-state index contributed by atoms with van der Waals surface area (Å²) in [5.41, 5.74) is 12.7. The molecule has 0 aliphatic heterocycles. The van der Waals surface area contributed by atoms with Gasteiger partial charge in [0.15, 0.2) is 0 Å². The van der Waals surface area contributed by atoms with Crippen molar-refractivity contribution in [2.24, 2.45) is 0 Å². The maximum Gasteiger partial charge on any atom is 0.253 e. The molecule has 2 unspecified atom stereocenters. The van der Waals surface area contributed by atoms with Crippen LogP contribution < -0.4 is 16.8 Å². The van der Waals surface area contributed by atoms with E-state index in [2.05, 4.69) is 5.32 Å². The van der Waals surface area contributed by atoms with Gasteiger partial charge in [0.05, 0.1) is 17.7 Å². The second-order valence-corrected chi connectivity index (χ2v) is 5.13. The van der Waals surface area contributed by atoms with Crippen LogP contribution in [0.3, 0.4) is 0 Å². The van der Waals surface area contributed by atoms with Crippen molar-refractivity contribution < 1.29 is 9.90 Å². The van der Waals surface area contributed by atoms with Gasteiger partial charge >= 0.3 is 0 Å². The lowest BCUT2D eigenvalue weighted by Gasteiger charge is -2.22. The normalized spacial score (nSPS) is 23.6. The Kier molecular flexibility index (Phi) is 4.27. The maximum atomic E-state index is 12.2. The van der Waals surface area contributed by atoms with E-state index in [1.807, 2.05) is 0 Å². The van der Waals surface area contributed by atoms with Crippen LogP contribution in [0.15, 0.2) is 18.2 Å². The number of rotatable bonds is 2. The number of amides is 1. The highest BCUT2D eigenvalue weighted by Gasteiger charge is 2.24.